The Bertz CT molecular complexity index is 605. The summed E-state index contributed by atoms with van der Waals surface area (Å²) in [6.45, 7) is -2.22. The summed E-state index contributed by atoms with van der Waals surface area (Å²) >= 11 is 11.4. The molecule has 0 atom stereocenters. The number of aliphatic hydroxyl groups is 1. The maximum absolute atomic E-state index is 12.3. The Morgan fingerprint density at radius 2 is 1.80 bits per heavy atom. The van der Waals surface area contributed by atoms with Crippen LogP contribution in [0, 0.1) is 0 Å². The van der Waals surface area contributed by atoms with Gasteiger partial charge < -0.3 is 5.11 Å². The Kier molecular flexibility index (Phi) is 5.31. The minimum atomic E-state index is -4.68. The van der Waals surface area contributed by atoms with Crippen molar-refractivity contribution >= 4 is 33.2 Å². The van der Waals surface area contributed by atoms with Crippen LogP contribution in [0.15, 0.2) is 17.0 Å². The van der Waals surface area contributed by atoms with E-state index in [1.165, 1.54) is 0 Å². The Morgan fingerprint density at radius 3 is 2.25 bits per heavy atom. The average Bonchev–Trinajstić information content (AvgIpc) is 2.26. The van der Waals surface area contributed by atoms with Crippen molar-refractivity contribution < 1.29 is 26.7 Å². The van der Waals surface area contributed by atoms with Crippen LogP contribution < -0.4 is 0 Å². The molecule has 0 spiro atoms. The van der Waals surface area contributed by atoms with Gasteiger partial charge in [0, 0.05) is 12.1 Å². The van der Waals surface area contributed by atoms with Crippen LogP contribution in [0.4, 0.5) is 13.2 Å². The maximum Gasteiger partial charge on any atom is 0.402 e. The molecule has 20 heavy (non-hydrogen) atoms. The lowest BCUT2D eigenvalue weighted by Gasteiger charge is -2.20. The highest BCUT2D eigenvalue weighted by Crippen LogP contribution is 2.31. The lowest BCUT2D eigenvalue weighted by molar-refractivity contribution is -0.134. The molecule has 0 fully saturated rings. The van der Waals surface area contributed by atoms with E-state index in [0.29, 0.717) is 0 Å². The van der Waals surface area contributed by atoms with Crippen LogP contribution >= 0.6 is 23.2 Å². The van der Waals surface area contributed by atoms with Crippen molar-refractivity contribution in [3.05, 3.63) is 27.7 Å². The van der Waals surface area contributed by atoms with Crippen molar-refractivity contribution in [1.29, 1.82) is 0 Å². The molecule has 4 nitrogen and oxygen atoms in total. The predicted octanol–water partition coefficient (Wildman–Crippen LogP) is 2.67. The third-order valence-corrected chi connectivity index (χ3v) is 4.98. The summed E-state index contributed by atoms with van der Waals surface area (Å²) in [6.07, 6.45) is -4.68. The summed E-state index contributed by atoms with van der Waals surface area (Å²) in [5.41, 5.74) is 0.0510. The predicted molar refractivity (Wildman–Crippen MR) is 68.3 cm³/mol. The first kappa shape index (κ1) is 17.5. The molecule has 0 saturated heterocycles. The van der Waals surface area contributed by atoms with E-state index in [4.69, 9.17) is 28.3 Å². The van der Waals surface area contributed by atoms with Gasteiger partial charge in [0.2, 0.25) is 10.0 Å². The summed E-state index contributed by atoms with van der Waals surface area (Å²) in [5, 5.41) is 8.71. The molecule has 0 amide bonds. The number of sulfonamides is 1. The van der Waals surface area contributed by atoms with Gasteiger partial charge in [-0.1, -0.05) is 23.2 Å². The maximum atomic E-state index is 12.3. The zero-order valence-electron chi connectivity index (χ0n) is 10.1. The fourth-order valence-electron chi connectivity index (χ4n) is 1.40. The van der Waals surface area contributed by atoms with E-state index in [2.05, 4.69) is 0 Å². The third kappa shape index (κ3) is 3.98. The molecule has 1 rings (SSSR count). The number of rotatable bonds is 4. The normalized spacial score (nSPS) is 13.0. The van der Waals surface area contributed by atoms with Crippen molar-refractivity contribution in [2.24, 2.45) is 0 Å². The third-order valence-electron chi connectivity index (χ3n) is 2.36. The lowest BCUT2D eigenvalue weighted by Crippen LogP contribution is -2.36. The van der Waals surface area contributed by atoms with E-state index in [0.717, 1.165) is 19.2 Å². The van der Waals surface area contributed by atoms with Crippen LogP contribution in [0.1, 0.15) is 5.56 Å². The van der Waals surface area contributed by atoms with Gasteiger partial charge in [-0.05, 0) is 17.7 Å². The van der Waals surface area contributed by atoms with Crippen molar-refractivity contribution in [1.82, 2.24) is 4.31 Å². The quantitative estimate of drug-likeness (QED) is 0.907. The molecule has 0 bridgehead atoms. The number of hydrogen-bond donors (Lipinski definition) is 1. The first-order chi connectivity index (χ1) is 8.99. The molecule has 0 aliphatic carbocycles. The van der Waals surface area contributed by atoms with Crippen molar-refractivity contribution in [2.75, 3.05) is 13.6 Å². The second-order valence-electron chi connectivity index (χ2n) is 3.91. The second-order valence-corrected chi connectivity index (χ2v) is 6.74. The van der Waals surface area contributed by atoms with Gasteiger partial charge in [0.25, 0.3) is 0 Å². The lowest BCUT2D eigenvalue weighted by atomic mass is 10.2. The first-order valence-electron chi connectivity index (χ1n) is 5.11. The SMILES string of the molecule is CN(CC(F)(F)F)S(=O)(=O)c1cc(CO)c(Cl)cc1Cl. The molecule has 0 aliphatic rings. The van der Waals surface area contributed by atoms with Gasteiger partial charge in [-0.2, -0.15) is 17.5 Å². The molecule has 0 aromatic heterocycles. The number of halogens is 5. The standard InChI is InChI=1S/C10H10Cl2F3NO3S/c1-16(5-10(13,14)15)20(18,19)9-2-6(4-17)7(11)3-8(9)12/h2-3,17H,4-5H2,1H3. The number of nitrogens with zero attached hydrogens (tertiary/aromatic N) is 1. The van der Waals surface area contributed by atoms with Gasteiger partial charge in [0.1, 0.15) is 11.4 Å². The van der Waals surface area contributed by atoms with Crippen molar-refractivity contribution in [3.8, 4) is 0 Å². The fourth-order valence-corrected chi connectivity index (χ4v) is 3.38. The molecular formula is C10H10Cl2F3NO3S. The summed E-state index contributed by atoms with van der Waals surface area (Å²) < 4.78 is 61.0. The number of aliphatic hydroxyl groups excluding tert-OH is 1. The number of hydrogen-bond acceptors (Lipinski definition) is 3. The van der Waals surface area contributed by atoms with Crippen LogP contribution in [0.25, 0.3) is 0 Å². The summed E-state index contributed by atoms with van der Waals surface area (Å²) in [6, 6.07) is 2.01. The summed E-state index contributed by atoms with van der Waals surface area (Å²) in [5.74, 6) is 0. The zero-order chi connectivity index (χ0) is 15.7. The number of benzene rings is 1. The van der Waals surface area contributed by atoms with Crippen LogP contribution in [-0.4, -0.2) is 37.6 Å². The Balaban J connectivity index is 3.29. The molecule has 114 valence electrons. The molecule has 10 heteroatoms. The zero-order valence-corrected chi connectivity index (χ0v) is 12.4. The van der Waals surface area contributed by atoms with E-state index >= 15 is 0 Å². The average molecular weight is 352 g/mol. The summed E-state index contributed by atoms with van der Waals surface area (Å²) in [7, 11) is -3.66. The molecular weight excluding hydrogens is 342 g/mol. The smallest absolute Gasteiger partial charge is 0.392 e. The highest BCUT2D eigenvalue weighted by atomic mass is 35.5. The molecule has 0 unspecified atom stereocenters. The van der Waals surface area contributed by atoms with Gasteiger partial charge in [0.05, 0.1) is 11.6 Å². The second kappa shape index (κ2) is 6.07. The van der Waals surface area contributed by atoms with Crippen LogP contribution in [0.3, 0.4) is 0 Å². The number of alkyl halides is 3. The monoisotopic (exact) mass is 351 g/mol. The van der Waals surface area contributed by atoms with E-state index in [-0.39, 0.29) is 19.9 Å². The molecule has 1 aromatic rings. The highest BCUT2D eigenvalue weighted by molar-refractivity contribution is 7.89. The summed E-state index contributed by atoms with van der Waals surface area (Å²) in [4.78, 5) is -0.542. The van der Waals surface area contributed by atoms with E-state index in [9.17, 15) is 21.6 Å². The van der Waals surface area contributed by atoms with E-state index < -0.39 is 34.2 Å². The molecule has 0 saturated carbocycles. The Morgan fingerprint density at radius 1 is 1.25 bits per heavy atom. The minimum Gasteiger partial charge on any atom is -0.392 e. The largest absolute Gasteiger partial charge is 0.402 e. The fraction of sp³-hybridized carbons (Fsp3) is 0.400. The van der Waals surface area contributed by atoms with Crippen molar-refractivity contribution in [3.63, 3.8) is 0 Å². The van der Waals surface area contributed by atoms with Crippen LogP contribution in [0.2, 0.25) is 10.0 Å². The van der Waals surface area contributed by atoms with Crippen LogP contribution in [0.5, 0.6) is 0 Å². The van der Waals surface area contributed by atoms with E-state index in [1.54, 1.807) is 0 Å². The Hall–Kier alpha value is -0.540. The van der Waals surface area contributed by atoms with Gasteiger partial charge in [-0.25, -0.2) is 8.42 Å². The topological polar surface area (TPSA) is 57.6 Å². The van der Waals surface area contributed by atoms with E-state index in [1.807, 2.05) is 0 Å². The van der Waals surface area contributed by atoms with Gasteiger partial charge >= 0.3 is 6.18 Å². The minimum absolute atomic E-state index is 0.0231. The van der Waals surface area contributed by atoms with Gasteiger partial charge in [-0.15, -0.1) is 0 Å². The Labute approximate surface area is 123 Å². The molecule has 0 heterocycles. The van der Waals surface area contributed by atoms with Crippen LogP contribution in [-0.2, 0) is 16.6 Å². The van der Waals surface area contributed by atoms with Gasteiger partial charge in [-0.3, -0.25) is 0 Å². The first-order valence-corrected chi connectivity index (χ1v) is 7.30. The molecule has 0 aliphatic heterocycles. The molecule has 0 radical (unpaired) electrons. The highest BCUT2D eigenvalue weighted by Gasteiger charge is 2.35. The van der Waals surface area contributed by atoms with Crippen molar-refractivity contribution in [2.45, 2.75) is 17.7 Å². The molecule has 1 N–H and O–H groups in total. The van der Waals surface area contributed by atoms with Gasteiger partial charge in [0.15, 0.2) is 0 Å². The molecule has 1 aromatic carbocycles.